The number of ether oxygens (including phenoxy) is 1. The van der Waals surface area contributed by atoms with E-state index in [9.17, 15) is 9.18 Å². The third-order valence-electron chi connectivity index (χ3n) is 4.87. The van der Waals surface area contributed by atoms with Crippen LogP contribution in [-0.2, 0) is 22.5 Å². The molecule has 2 atom stereocenters. The molecule has 0 N–H and O–H groups in total. The molecule has 0 unspecified atom stereocenters. The van der Waals surface area contributed by atoms with E-state index in [1.165, 1.54) is 6.07 Å². The van der Waals surface area contributed by atoms with E-state index in [-0.39, 0.29) is 23.9 Å². The largest absolute Gasteiger partial charge is 0.379 e. The lowest BCUT2D eigenvalue weighted by Crippen LogP contribution is -2.52. The van der Waals surface area contributed by atoms with Crippen molar-refractivity contribution in [1.29, 1.82) is 0 Å². The second-order valence-electron chi connectivity index (χ2n) is 6.42. The molecule has 134 valence electrons. The Balaban J connectivity index is 1.72. The number of carbonyl (C=O) groups is 1. The van der Waals surface area contributed by atoms with E-state index in [0.29, 0.717) is 31.5 Å². The van der Waals surface area contributed by atoms with Crippen LogP contribution >= 0.6 is 0 Å². The van der Waals surface area contributed by atoms with Gasteiger partial charge >= 0.3 is 0 Å². The quantitative estimate of drug-likeness (QED) is 0.809. The second-order valence-corrected chi connectivity index (χ2v) is 6.42. The highest BCUT2D eigenvalue weighted by Crippen LogP contribution is 2.25. The molecule has 0 radical (unpaired) electrons. The lowest BCUT2D eigenvalue weighted by atomic mass is 9.92. The maximum Gasteiger partial charge on any atom is 0.224 e. The summed E-state index contributed by atoms with van der Waals surface area (Å²) in [5, 5.41) is 0. The number of hydrogen-bond donors (Lipinski definition) is 0. The Morgan fingerprint density at radius 2 is 2.24 bits per heavy atom. The summed E-state index contributed by atoms with van der Waals surface area (Å²) < 4.78 is 21.6. The molecule has 1 aliphatic heterocycles. The van der Waals surface area contributed by atoms with E-state index >= 15 is 0 Å². The van der Waals surface area contributed by atoms with Gasteiger partial charge in [-0.05, 0) is 30.9 Å². The van der Waals surface area contributed by atoms with Gasteiger partial charge in [-0.15, -0.1) is 0 Å². The number of piperidine rings is 1. The summed E-state index contributed by atoms with van der Waals surface area (Å²) in [6, 6.07) is 6.62. The van der Waals surface area contributed by atoms with Gasteiger partial charge in [-0.25, -0.2) is 9.37 Å². The SMILES string of the molecule is CO[C@H]1CCCN(C(=O)CCn2ccnc2)[C@H]1Cc1ccccc1F. The third-order valence-corrected chi connectivity index (χ3v) is 4.87. The Kier molecular flexibility index (Phi) is 5.81. The first-order chi connectivity index (χ1) is 12.2. The van der Waals surface area contributed by atoms with Crippen LogP contribution in [0.1, 0.15) is 24.8 Å². The average molecular weight is 345 g/mol. The summed E-state index contributed by atoms with van der Waals surface area (Å²) in [7, 11) is 1.67. The highest BCUT2D eigenvalue weighted by molar-refractivity contribution is 5.76. The number of imidazole rings is 1. The minimum atomic E-state index is -0.228. The van der Waals surface area contributed by atoms with Crippen molar-refractivity contribution in [3.63, 3.8) is 0 Å². The molecule has 25 heavy (non-hydrogen) atoms. The van der Waals surface area contributed by atoms with Crippen LogP contribution in [0.4, 0.5) is 4.39 Å². The third kappa shape index (κ3) is 4.25. The lowest BCUT2D eigenvalue weighted by Gasteiger charge is -2.41. The smallest absolute Gasteiger partial charge is 0.224 e. The van der Waals surface area contributed by atoms with E-state index in [2.05, 4.69) is 4.98 Å². The van der Waals surface area contributed by atoms with Crippen molar-refractivity contribution in [2.75, 3.05) is 13.7 Å². The summed E-state index contributed by atoms with van der Waals surface area (Å²) in [5.74, 6) is -0.148. The molecule has 6 heteroatoms. The van der Waals surface area contributed by atoms with Crippen molar-refractivity contribution >= 4 is 5.91 Å². The summed E-state index contributed by atoms with van der Waals surface area (Å²) in [6.07, 6.45) is 7.86. The number of likely N-dealkylation sites (tertiary alicyclic amines) is 1. The molecule has 0 bridgehead atoms. The van der Waals surface area contributed by atoms with E-state index in [0.717, 1.165) is 12.8 Å². The molecule has 1 saturated heterocycles. The Morgan fingerprint density at radius 1 is 1.40 bits per heavy atom. The summed E-state index contributed by atoms with van der Waals surface area (Å²) >= 11 is 0. The fourth-order valence-electron chi connectivity index (χ4n) is 3.52. The zero-order chi connectivity index (χ0) is 17.6. The molecule has 0 spiro atoms. The predicted octanol–water partition coefficient (Wildman–Crippen LogP) is 2.66. The lowest BCUT2D eigenvalue weighted by molar-refractivity contribution is -0.140. The van der Waals surface area contributed by atoms with Gasteiger partial charge in [0.2, 0.25) is 5.91 Å². The average Bonchev–Trinajstić information content (AvgIpc) is 3.15. The van der Waals surface area contributed by atoms with Crippen molar-refractivity contribution in [2.24, 2.45) is 0 Å². The second kappa shape index (κ2) is 8.25. The maximum atomic E-state index is 14.1. The molecule has 2 heterocycles. The molecule has 1 fully saturated rings. The fraction of sp³-hybridized carbons (Fsp3) is 0.474. The first-order valence-electron chi connectivity index (χ1n) is 8.70. The summed E-state index contributed by atoms with van der Waals surface area (Å²) in [4.78, 5) is 18.7. The van der Waals surface area contributed by atoms with Crippen molar-refractivity contribution in [2.45, 2.75) is 44.4 Å². The van der Waals surface area contributed by atoms with Crippen molar-refractivity contribution in [3.8, 4) is 0 Å². The predicted molar refractivity (Wildman–Crippen MR) is 92.5 cm³/mol. The van der Waals surface area contributed by atoms with E-state index in [4.69, 9.17) is 4.74 Å². The zero-order valence-electron chi connectivity index (χ0n) is 14.5. The molecule has 1 aromatic carbocycles. The monoisotopic (exact) mass is 345 g/mol. The van der Waals surface area contributed by atoms with Gasteiger partial charge in [0, 0.05) is 39.0 Å². The minimum Gasteiger partial charge on any atom is -0.379 e. The highest BCUT2D eigenvalue weighted by atomic mass is 19.1. The molecule has 1 amide bonds. The standard InChI is InChI=1S/C19H24FN3O2/c1-25-18-7-4-10-23(19(24)8-11-22-12-9-21-14-22)17(18)13-15-5-2-3-6-16(15)20/h2-3,5-6,9,12,14,17-18H,4,7-8,10-11,13H2,1H3/t17-,18-/m0/s1. The number of carbonyl (C=O) groups excluding carboxylic acids is 1. The molecule has 0 saturated carbocycles. The number of aryl methyl sites for hydroxylation is 1. The maximum absolute atomic E-state index is 14.1. The summed E-state index contributed by atoms with van der Waals surface area (Å²) in [6.45, 7) is 1.29. The first-order valence-corrected chi connectivity index (χ1v) is 8.70. The minimum absolute atomic E-state index is 0.0643. The molecule has 1 aliphatic rings. The van der Waals surface area contributed by atoms with Gasteiger partial charge in [0.25, 0.3) is 0 Å². The number of methoxy groups -OCH3 is 1. The number of rotatable bonds is 6. The fourth-order valence-corrected chi connectivity index (χ4v) is 3.52. The molecule has 1 aromatic heterocycles. The van der Waals surface area contributed by atoms with Gasteiger partial charge in [0.05, 0.1) is 18.5 Å². The van der Waals surface area contributed by atoms with E-state index < -0.39 is 0 Å². The molecule has 5 nitrogen and oxygen atoms in total. The van der Waals surface area contributed by atoms with Crippen molar-refractivity contribution in [1.82, 2.24) is 14.5 Å². The molecular weight excluding hydrogens is 321 g/mol. The van der Waals surface area contributed by atoms with Crippen LogP contribution < -0.4 is 0 Å². The normalized spacial score (nSPS) is 20.6. The van der Waals surface area contributed by atoms with Crippen LogP contribution in [0, 0.1) is 5.82 Å². The Bertz CT molecular complexity index is 690. The zero-order valence-corrected chi connectivity index (χ0v) is 14.5. The number of hydrogen-bond acceptors (Lipinski definition) is 3. The van der Waals surface area contributed by atoms with E-state index in [1.807, 2.05) is 21.7 Å². The number of nitrogens with zero attached hydrogens (tertiary/aromatic N) is 3. The summed E-state index contributed by atoms with van der Waals surface area (Å²) in [5.41, 5.74) is 0.629. The Hall–Kier alpha value is -2.21. The van der Waals surface area contributed by atoms with Crippen LogP contribution in [0.15, 0.2) is 43.0 Å². The number of halogens is 1. The van der Waals surface area contributed by atoms with Crippen LogP contribution in [0.3, 0.4) is 0 Å². The van der Waals surface area contributed by atoms with Crippen LogP contribution in [0.25, 0.3) is 0 Å². The van der Waals surface area contributed by atoms with Crippen LogP contribution in [0.2, 0.25) is 0 Å². The highest BCUT2D eigenvalue weighted by Gasteiger charge is 2.34. The van der Waals surface area contributed by atoms with Crippen LogP contribution in [0.5, 0.6) is 0 Å². The number of aromatic nitrogens is 2. The van der Waals surface area contributed by atoms with Gasteiger partial charge in [-0.2, -0.15) is 0 Å². The molecular formula is C19H24FN3O2. The molecule has 2 aromatic rings. The Labute approximate surface area is 147 Å². The molecule has 0 aliphatic carbocycles. The van der Waals surface area contributed by atoms with E-state index in [1.54, 1.807) is 31.8 Å². The van der Waals surface area contributed by atoms with Crippen LogP contribution in [-0.4, -0.2) is 46.2 Å². The Morgan fingerprint density at radius 3 is 2.96 bits per heavy atom. The number of benzene rings is 1. The number of amides is 1. The van der Waals surface area contributed by atoms with Gasteiger partial charge in [0.15, 0.2) is 0 Å². The molecule has 3 rings (SSSR count). The van der Waals surface area contributed by atoms with Gasteiger partial charge < -0.3 is 14.2 Å². The van der Waals surface area contributed by atoms with Gasteiger partial charge in [-0.3, -0.25) is 4.79 Å². The van der Waals surface area contributed by atoms with Gasteiger partial charge in [0.1, 0.15) is 5.82 Å². The van der Waals surface area contributed by atoms with Crippen molar-refractivity contribution < 1.29 is 13.9 Å². The first kappa shape index (κ1) is 17.6. The van der Waals surface area contributed by atoms with Gasteiger partial charge in [-0.1, -0.05) is 18.2 Å². The topological polar surface area (TPSA) is 47.4 Å². The van der Waals surface area contributed by atoms with Crippen molar-refractivity contribution in [3.05, 3.63) is 54.4 Å².